The lowest BCUT2D eigenvalue weighted by atomic mass is 9.89. The third-order valence-corrected chi connectivity index (χ3v) is 4.74. The topological polar surface area (TPSA) is 52.3 Å². The summed E-state index contributed by atoms with van der Waals surface area (Å²) in [5, 5.41) is 0. The van der Waals surface area contributed by atoms with E-state index in [0.29, 0.717) is 23.8 Å². The van der Waals surface area contributed by atoms with E-state index >= 15 is 0 Å². The van der Waals surface area contributed by atoms with Crippen LogP contribution in [0.3, 0.4) is 0 Å². The summed E-state index contributed by atoms with van der Waals surface area (Å²) in [5.74, 6) is 1.98. The first kappa shape index (κ1) is 12.5. The van der Waals surface area contributed by atoms with Crippen LogP contribution in [0, 0.1) is 24.7 Å². The maximum Gasteiger partial charge on any atom is 0.340 e. The maximum absolute atomic E-state index is 12.1. The molecule has 2 N–H and O–H groups in total. The molecule has 0 spiro atoms. The Morgan fingerprint density at radius 2 is 2.21 bits per heavy atom. The first-order valence-corrected chi connectivity index (χ1v) is 7.16. The van der Waals surface area contributed by atoms with E-state index in [9.17, 15) is 4.79 Å². The van der Waals surface area contributed by atoms with Gasteiger partial charge in [-0.1, -0.05) is 18.1 Å². The highest BCUT2D eigenvalue weighted by Crippen LogP contribution is 2.48. The molecule has 19 heavy (non-hydrogen) atoms. The molecule has 3 heteroatoms. The number of nitrogen functional groups attached to an aromatic ring is 1. The molecular formula is C16H21NO2. The third kappa shape index (κ3) is 2.46. The minimum Gasteiger partial charge on any atom is -0.462 e. The second kappa shape index (κ2) is 4.87. The van der Waals surface area contributed by atoms with E-state index in [0.717, 1.165) is 17.4 Å². The minimum atomic E-state index is -0.274. The molecule has 1 aromatic rings. The van der Waals surface area contributed by atoms with Crippen LogP contribution in [0.1, 0.15) is 41.6 Å². The van der Waals surface area contributed by atoms with Crippen molar-refractivity contribution in [2.45, 2.75) is 32.6 Å². The van der Waals surface area contributed by atoms with Crippen LogP contribution < -0.4 is 5.73 Å². The number of hydrogen-bond donors (Lipinski definition) is 1. The van der Waals surface area contributed by atoms with Crippen molar-refractivity contribution < 1.29 is 9.53 Å². The van der Waals surface area contributed by atoms with Gasteiger partial charge < -0.3 is 10.5 Å². The number of fused-ring (bicyclic) bond motifs is 2. The summed E-state index contributed by atoms with van der Waals surface area (Å²) in [6.07, 6.45) is 5.27. The number of ether oxygens (including phenoxy) is 1. The van der Waals surface area contributed by atoms with Crippen LogP contribution in [-0.2, 0) is 4.74 Å². The molecule has 102 valence electrons. The van der Waals surface area contributed by atoms with E-state index < -0.39 is 0 Å². The zero-order chi connectivity index (χ0) is 13.4. The van der Waals surface area contributed by atoms with Gasteiger partial charge in [-0.3, -0.25) is 0 Å². The Morgan fingerprint density at radius 3 is 2.89 bits per heavy atom. The fraction of sp³-hybridized carbons (Fsp3) is 0.562. The number of anilines is 1. The molecule has 3 unspecified atom stereocenters. The Hall–Kier alpha value is -1.51. The van der Waals surface area contributed by atoms with Crippen molar-refractivity contribution in [3.05, 3.63) is 29.3 Å². The molecule has 0 aromatic heterocycles. The SMILES string of the molecule is Cc1ccc(N)c(C(=O)OCC2CC3CCC2C3)c1. The van der Waals surface area contributed by atoms with Gasteiger partial charge in [0.15, 0.2) is 0 Å². The van der Waals surface area contributed by atoms with Crippen molar-refractivity contribution in [3.63, 3.8) is 0 Å². The number of benzene rings is 1. The fourth-order valence-corrected chi connectivity index (χ4v) is 3.69. The molecular weight excluding hydrogens is 238 g/mol. The zero-order valence-corrected chi connectivity index (χ0v) is 11.4. The van der Waals surface area contributed by atoms with Crippen molar-refractivity contribution in [2.75, 3.05) is 12.3 Å². The average molecular weight is 259 g/mol. The normalized spacial score (nSPS) is 28.6. The van der Waals surface area contributed by atoms with E-state index in [1.165, 1.54) is 25.7 Å². The standard InChI is InChI=1S/C16H21NO2/c1-10-2-5-15(17)14(6-10)16(18)19-9-13-8-11-3-4-12(13)7-11/h2,5-6,11-13H,3-4,7-9,17H2,1H3. The largest absolute Gasteiger partial charge is 0.462 e. The molecule has 0 radical (unpaired) electrons. The Kier molecular flexibility index (Phi) is 3.21. The van der Waals surface area contributed by atoms with E-state index in [4.69, 9.17) is 10.5 Å². The van der Waals surface area contributed by atoms with Crippen molar-refractivity contribution in [2.24, 2.45) is 17.8 Å². The Morgan fingerprint density at radius 1 is 1.37 bits per heavy atom. The summed E-state index contributed by atoms with van der Waals surface area (Å²) < 4.78 is 5.48. The monoisotopic (exact) mass is 259 g/mol. The number of nitrogens with two attached hydrogens (primary N) is 1. The van der Waals surface area contributed by atoms with Gasteiger partial charge in [-0.05, 0) is 56.1 Å². The maximum atomic E-state index is 12.1. The van der Waals surface area contributed by atoms with Crippen LogP contribution in [0.25, 0.3) is 0 Å². The summed E-state index contributed by atoms with van der Waals surface area (Å²) in [5.41, 5.74) is 7.87. The predicted molar refractivity (Wildman–Crippen MR) is 74.8 cm³/mol. The van der Waals surface area contributed by atoms with Crippen molar-refractivity contribution in [1.82, 2.24) is 0 Å². The number of rotatable bonds is 3. The van der Waals surface area contributed by atoms with Gasteiger partial charge in [0.25, 0.3) is 0 Å². The van der Waals surface area contributed by atoms with Crippen molar-refractivity contribution in [1.29, 1.82) is 0 Å². The van der Waals surface area contributed by atoms with Gasteiger partial charge in [0.05, 0.1) is 12.2 Å². The Bertz CT molecular complexity index is 498. The van der Waals surface area contributed by atoms with Crippen LogP contribution in [0.4, 0.5) is 5.69 Å². The predicted octanol–water partition coefficient (Wildman–Crippen LogP) is 3.17. The lowest BCUT2D eigenvalue weighted by Gasteiger charge is -2.21. The minimum absolute atomic E-state index is 0.274. The lowest BCUT2D eigenvalue weighted by Crippen LogP contribution is -2.20. The quantitative estimate of drug-likeness (QED) is 0.670. The van der Waals surface area contributed by atoms with Gasteiger partial charge in [0.2, 0.25) is 0 Å². The summed E-state index contributed by atoms with van der Waals surface area (Å²) in [7, 11) is 0. The van der Waals surface area contributed by atoms with Crippen LogP contribution in [0.15, 0.2) is 18.2 Å². The molecule has 0 saturated heterocycles. The third-order valence-electron chi connectivity index (χ3n) is 4.74. The molecule has 2 saturated carbocycles. The van der Waals surface area contributed by atoms with Gasteiger partial charge in [-0.25, -0.2) is 4.79 Å². The van der Waals surface area contributed by atoms with Crippen molar-refractivity contribution in [3.8, 4) is 0 Å². The van der Waals surface area contributed by atoms with Crippen molar-refractivity contribution >= 4 is 11.7 Å². The average Bonchev–Trinajstić information content (AvgIpc) is 3.01. The van der Waals surface area contributed by atoms with Gasteiger partial charge >= 0.3 is 5.97 Å². The van der Waals surface area contributed by atoms with E-state index in [1.54, 1.807) is 12.1 Å². The molecule has 2 bridgehead atoms. The van der Waals surface area contributed by atoms with E-state index in [2.05, 4.69) is 0 Å². The Balaban J connectivity index is 1.61. The molecule has 3 nitrogen and oxygen atoms in total. The second-order valence-electron chi connectivity index (χ2n) is 6.12. The number of esters is 1. The number of hydrogen-bond acceptors (Lipinski definition) is 3. The molecule has 0 amide bonds. The summed E-state index contributed by atoms with van der Waals surface area (Å²) in [6, 6.07) is 5.48. The highest BCUT2D eigenvalue weighted by atomic mass is 16.5. The van der Waals surface area contributed by atoms with Gasteiger partial charge in [-0.15, -0.1) is 0 Å². The Labute approximate surface area is 114 Å². The highest BCUT2D eigenvalue weighted by Gasteiger charge is 2.39. The number of aryl methyl sites for hydroxylation is 1. The first-order chi connectivity index (χ1) is 9.13. The molecule has 0 heterocycles. The molecule has 3 rings (SSSR count). The fourth-order valence-electron chi connectivity index (χ4n) is 3.69. The van der Waals surface area contributed by atoms with E-state index in [-0.39, 0.29) is 5.97 Å². The summed E-state index contributed by atoms with van der Waals surface area (Å²) in [6.45, 7) is 2.51. The van der Waals surface area contributed by atoms with Gasteiger partial charge in [0, 0.05) is 5.69 Å². The van der Waals surface area contributed by atoms with Crippen LogP contribution in [0.5, 0.6) is 0 Å². The molecule has 2 aliphatic rings. The first-order valence-electron chi connectivity index (χ1n) is 7.16. The van der Waals surface area contributed by atoms with E-state index in [1.807, 2.05) is 13.0 Å². The zero-order valence-electron chi connectivity index (χ0n) is 11.4. The van der Waals surface area contributed by atoms with Gasteiger partial charge in [-0.2, -0.15) is 0 Å². The second-order valence-corrected chi connectivity index (χ2v) is 6.12. The molecule has 2 fully saturated rings. The summed E-state index contributed by atoms with van der Waals surface area (Å²) in [4.78, 5) is 12.1. The number of carbonyl (C=O) groups is 1. The van der Waals surface area contributed by atoms with Crippen LogP contribution in [-0.4, -0.2) is 12.6 Å². The number of carbonyl (C=O) groups excluding carboxylic acids is 1. The molecule has 2 aliphatic carbocycles. The van der Waals surface area contributed by atoms with Crippen LogP contribution >= 0.6 is 0 Å². The highest BCUT2D eigenvalue weighted by molar-refractivity contribution is 5.95. The molecule has 0 aliphatic heterocycles. The molecule has 1 aromatic carbocycles. The molecule has 3 atom stereocenters. The smallest absolute Gasteiger partial charge is 0.340 e. The van der Waals surface area contributed by atoms with Crippen LogP contribution in [0.2, 0.25) is 0 Å². The summed E-state index contributed by atoms with van der Waals surface area (Å²) >= 11 is 0. The lowest BCUT2D eigenvalue weighted by molar-refractivity contribution is 0.0395. The van der Waals surface area contributed by atoms with Gasteiger partial charge in [0.1, 0.15) is 0 Å².